The zero-order valence-electron chi connectivity index (χ0n) is 14.6. The minimum absolute atomic E-state index is 0.0350. The summed E-state index contributed by atoms with van der Waals surface area (Å²) in [5, 5.41) is 0.765. The molecule has 126 valence electrons. The number of rotatable bonds is 1. The van der Waals surface area contributed by atoms with Gasteiger partial charge in [-0.15, -0.1) is 0 Å². The number of Topliss-reactive ketones (excluding diaryl/α,β-unsaturated/α-hetero) is 1. The van der Waals surface area contributed by atoms with Crippen molar-refractivity contribution in [1.29, 1.82) is 0 Å². The summed E-state index contributed by atoms with van der Waals surface area (Å²) >= 11 is 2.04. The van der Waals surface area contributed by atoms with Crippen LogP contribution >= 0.6 is 11.8 Å². The molecule has 23 heavy (non-hydrogen) atoms. The minimum Gasteiger partial charge on any atom is -0.295 e. The SMILES string of the molecule is CSC1CC[C@H]2[C@@H]3CC(=O)C4=CC(=O)CC[C@]4(C)[C@@H]3CC[C@]12C. The van der Waals surface area contributed by atoms with Gasteiger partial charge in [-0.05, 0) is 73.0 Å². The molecule has 3 heteroatoms. The van der Waals surface area contributed by atoms with Crippen LogP contribution in [0.5, 0.6) is 0 Å². The van der Waals surface area contributed by atoms with E-state index in [0.29, 0.717) is 36.0 Å². The van der Waals surface area contributed by atoms with E-state index >= 15 is 0 Å². The van der Waals surface area contributed by atoms with Crippen molar-refractivity contribution in [2.75, 3.05) is 6.26 Å². The Bertz CT molecular complexity index is 594. The zero-order valence-corrected chi connectivity index (χ0v) is 15.4. The van der Waals surface area contributed by atoms with Crippen LogP contribution in [-0.4, -0.2) is 23.1 Å². The number of ketones is 2. The highest BCUT2D eigenvalue weighted by atomic mass is 32.2. The molecular formula is C20H28O2S. The molecule has 0 spiro atoms. The zero-order chi connectivity index (χ0) is 16.4. The van der Waals surface area contributed by atoms with Crippen LogP contribution in [0, 0.1) is 28.6 Å². The third-order valence-electron chi connectivity index (χ3n) is 7.99. The van der Waals surface area contributed by atoms with Gasteiger partial charge in [0.05, 0.1) is 0 Å². The lowest BCUT2D eigenvalue weighted by molar-refractivity contribution is -0.130. The molecule has 6 atom stereocenters. The van der Waals surface area contributed by atoms with Crippen LogP contribution in [0.1, 0.15) is 58.8 Å². The van der Waals surface area contributed by atoms with E-state index in [4.69, 9.17) is 0 Å². The van der Waals surface area contributed by atoms with Gasteiger partial charge in [-0.25, -0.2) is 0 Å². The van der Waals surface area contributed by atoms with Crippen molar-refractivity contribution in [3.63, 3.8) is 0 Å². The fraction of sp³-hybridized carbons (Fsp3) is 0.800. The first-order chi connectivity index (χ1) is 10.9. The molecule has 1 unspecified atom stereocenters. The number of hydrogen-bond acceptors (Lipinski definition) is 3. The van der Waals surface area contributed by atoms with Gasteiger partial charge in [0.1, 0.15) is 0 Å². The van der Waals surface area contributed by atoms with Crippen LogP contribution < -0.4 is 0 Å². The molecule has 0 N–H and O–H groups in total. The fourth-order valence-corrected chi connectivity index (χ4v) is 7.93. The molecular weight excluding hydrogens is 304 g/mol. The Labute approximate surface area is 143 Å². The molecule has 0 heterocycles. The molecule has 0 saturated heterocycles. The Morgan fingerprint density at radius 3 is 2.61 bits per heavy atom. The molecule has 2 nitrogen and oxygen atoms in total. The number of allylic oxidation sites excluding steroid dienone is 1. The molecule has 4 rings (SSSR count). The van der Waals surface area contributed by atoms with Crippen molar-refractivity contribution in [2.45, 2.75) is 64.0 Å². The first-order valence-electron chi connectivity index (χ1n) is 9.21. The summed E-state index contributed by atoms with van der Waals surface area (Å²) in [4.78, 5) is 24.7. The predicted octanol–water partition coefficient (Wildman–Crippen LogP) is 4.43. The monoisotopic (exact) mass is 332 g/mol. The van der Waals surface area contributed by atoms with Gasteiger partial charge in [0.2, 0.25) is 0 Å². The Morgan fingerprint density at radius 2 is 1.87 bits per heavy atom. The second kappa shape index (κ2) is 5.21. The first kappa shape index (κ1) is 15.9. The van der Waals surface area contributed by atoms with Gasteiger partial charge >= 0.3 is 0 Å². The van der Waals surface area contributed by atoms with Crippen LogP contribution in [0.3, 0.4) is 0 Å². The lowest BCUT2D eigenvalue weighted by atomic mass is 9.47. The highest BCUT2D eigenvalue weighted by molar-refractivity contribution is 7.99. The Morgan fingerprint density at radius 1 is 1.09 bits per heavy atom. The van der Waals surface area contributed by atoms with Crippen molar-refractivity contribution < 1.29 is 9.59 Å². The molecule has 0 aliphatic heterocycles. The van der Waals surface area contributed by atoms with Crippen LogP contribution in [0.4, 0.5) is 0 Å². The number of fused-ring (bicyclic) bond motifs is 5. The molecule has 3 saturated carbocycles. The number of thioether (sulfide) groups is 1. The molecule has 0 aromatic heterocycles. The summed E-state index contributed by atoms with van der Waals surface area (Å²) in [6.45, 7) is 4.77. The highest BCUT2D eigenvalue weighted by Crippen LogP contribution is 2.65. The van der Waals surface area contributed by atoms with Crippen molar-refractivity contribution in [3.05, 3.63) is 11.6 Å². The normalized spacial score (nSPS) is 49.3. The van der Waals surface area contributed by atoms with Crippen molar-refractivity contribution in [1.82, 2.24) is 0 Å². The van der Waals surface area contributed by atoms with E-state index in [1.165, 1.54) is 25.7 Å². The molecule has 4 aliphatic rings. The Kier molecular flexibility index (Phi) is 3.61. The Balaban J connectivity index is 1.72. The van der Waals surface area contributed by atoms with Crippen molar-refractivity contribution in [3.8, 4) is 0 Å². The molecule has 0 aromatic rings. The molecule has 0 amide bonds. The second-order valence-electron chi connectivity index (χ2n) is 8.79. The minimum atomic E-state index is -0.0350. The van der Waals surface area contributed by atoms with E-state index in [2.05, 4.69) is 20.1 Å². The summed E-state index contributed by atoms with van der Waals surface area (Å²) < 4.78 is 0. The highest BCUT2D eigenvalue weighted by Gasteiger charge is 2.60. The smallest absolute Gasteiger partial charge is 0.159 e. The maximum absolute atomic E-state index is 12.9. The van der Waals surface area contributed by atoms with Gasteiger partial charge in [0.15, 0.2) is 11.6 Å². The largest absolute Gasteiger partial charge is 0.295 e. The van der Waals surface area contributed by atoms with Crippen LogP contribution in [0.15, 0.2) is 11.6 Å². The van der Waals surface area contributed by atoms with Crippen molar-refractivity contribution >= 4 is 23.3 Å². The maximum Gasteiger partial charge on any atom is 0.159 e. The predicted molar refractivity (Wildman–Crippen MR) is 94.4 cm³/mol. The van der Waals surface area contributed by atoms with Crippen LogP contribution in [-0.2, 0) is 9.59 Å². The summed E-state index contributed by atoms with van der Waals surface area (Å²) in [5.74, 6) is 2.30. The molecule has 0 bridgehead atoms. The number of carbonyl (C=O) groups is 2. The van der Waals surface area contributed by atoms with Gasteiger partial charge in [0.25, 0.3) is 0 Å². The van der Waals surface area contributed by atoms with Gasteiger partial charge in [-0.1, -0.05) is 13.8 Å². The number of hydrogen-bond donors (Lipinski definition) is 0. The average molecular weight is 333 g/mol. The second-order valence-corrected chi connectivity index (χ2v) is 9.83. The summed E-state index contributed by atoms with van der Waals surface area (Å²) in [7, 11) is 0. The average Bonchev–Trinajstić information content (AvgIpc) is 2.86. The van der Waals surface area contributed by atoms with E-state index in [1.54, 1.807) is 6.08 Å². The molecule has 4 aliphatic carbocycles. The fourth-order valence-electron chi connectivity index (χ4n) is 6.73. The standard InChI is InChI=1S/C20H28O2S/c1-19-8-6-12(21)10-16(19)17(22)11-13-14-4-5-18(23-3)20(14,2)9-7-15(13)19/h10,13-15,18H,4-9,11H2,1-3H3/t13-,14-,15+,18?,19+,20-/m0/s1. The van der Waals surface area contributed by atoms with E-state index in [1.807, 2.05) is 11.8 Å². The number of carbonyl (C=O) groups excluding carboxylic acids is 2. The van der Waals surface area contributed by atoms with E-state index < -0.39 is 0 Å². The topological polar surface area (TPSA) is 34.1 Å². The Hall–Kier alpha value is -0.570. The quantitative estimate of drug-likeness (QED) is 0.712. The molecule has 0 radical (unpaired) electrons. The molecule has 3 fully saturated rings. The van der Waals surface area contributed by atoms with E-state index in [9.17, 15) is 9.59 Å². The van der Waals surface area contributed by atoms with Crippen LogP contribution in [0.2, 0.25) is 0 Å². The van der Waals surface area contributed by atoms with Gasteiger partial charge < -0.3 is 0 Å². The first-order valence-corrected chi connectivity index (χ1v) is 10.5. The van der Waals surface area contributed by atoms with Gasteiger partial charge in [-0.3, -0.25) is 9.59 Å². The lowest BCUT2D eigenvalue weighted by Gasteiger charge is -2.57. The maximum atomic E-state index is 12.9. The lowest BCUT2D eigenvalue weighted by Crippen LogP contribution is -2.53. The van der Waals surface area contributed by atoms with Gasteiger partial charge in [-0.2, -0.15) is 11.8 Å². The van der Waals surface area contributed by atoms with Gasteiger partial charge in [0, 0.05) is 23.7 Å². The molecule has 0 aromatic carbocycles. The third kappa shape index (κ3) is 2.08. The third-order valence-corrected chi connectivity index (χ3v) is 9.33. The van der Waals surface area contributed by atoms with Crippen LogP contribution in [0.25, 0.3) is 0 Å². The summed E-state index contributed by atoms with van der Waals surface area (Å²) in [5.41, 5.74) is 1.26. The van der Waals surface area contributed by atoms with E-state index in [0.717, 1.165) is 17.2 Å². The van der Waals surface area contributed by atoms with E-state index in [-0.39, 0.29) is 17.0 Å². The van der Waals surface area contributed by atoms with Crippen molar-refractivity contribution in [2.24, 2.45) is 28.6 Å². The summed E-state index contributed by atoms with van der Waals surface area (Å²) in [6, 6.07) is 0. The summed E-state index contributed by atoms with van der Waals surface area (Å²) in [6.07, 6.45) is 11.3.